The molecule has 1 aromatic rings. The summed E-state index contributed by atoms with van der Waals surface area (Å²) in [7, 11) is 0. The highest BCUT2D eigenvalue weighted by molar-refractivity contribution is 5.73. The second kappa shape index (κ2) is 5.85. The fraction of sp³-hybridized carbons (Fsp3) is 0.500. The third kappa shape index (κ3) is 3.00. The number of anilines is 1. The van der Waals surface area contributed by atoms with Gasteiger partial charge in [0.25, 0.3) is 0 Å². The van der Waals surface area contributed by atoms with E-state index in [1.54, 1.807) is 6.92 Å². The van der Waals surface area contributed by atoms with E-state index in [4.69, 9.17) is 0 Å². The maximum Gasteiger partial charge on any atom is 0.219 e. The average molecular weight is 246 g/mol. The lowest BCUT2D eigenvalue weighted by Gasteiger charge is -2.35. The fourth-order valence-electron chi connectivity index (χ4n) is 2.22. The Morgan fingerprint density at radius 1 is 1.39 bits per heavy atom. The number of piperazine rings is 1. The zero-order valence-corrected chi connectivity index (χ0v) is 11.1. The van der Waals surface area contributed by atoms with E-state index in [-0.39, 0.29) is 5.91 Å². The quantitative estimate of drug-likeness (QED) is 0.814. The SMILES string of the molecule is CC[CH]c1ccnc(N2CCN(C(C)=O)CC2)c1. The molecule has 18 heavy (non-hydrogen) atoms. The van der Waals surface area contributed by atoms with Gasteiger partial charge in [0.2, 0.25) is 5.91 Å². The summed E-state index contributed by atoms with van der Waals surface area (Å²) in [4.78, 5) is 19.8. The van der Waals surface area contributed by atoms with Gasteiger partial charge in [-0.1, -0.05) is 6.92 Å². The summed E-state index contributed by atoms with van der Waals surface area (Å²) < 4.78 is 0. The van der Waals surface area contributed by atoms with E-state index in [9.17, 15) is 4.79 Å². The second-order valence-electron chi connectivity index (χ2n) is 4.55. The second-order valence-corrected chi connectivity index (χ2v) is 4.55. The van der Waals surface area contributed by atoms with Crippen LogP contribution in [0.15, 0.2) is 18.3 Å². The highest BCUT2D eigenvalue weighted by Crippen LogP contribution is 2.16. The molecule has 0 atom stereocenters. The molecule has 0 spiro atoms. The van der Waals surface area contributed by atoms with Gasteiger partial charge < -0.3 is 9.80 Å². The van der Waals surface area contributed by atoms with Crippen molar-refractivity contribution in [2.24, 2.45) is 0 Å². The predicted molar refractivity (Wildman–Crippen MR) is 72.4 cm³/mol. The van der Waals surface area contributed by atoms with Crippen LogP contribution in [0.3, 0.4) is 0 Å². The van der Waals surface area contributed by atoms with Crippen LogP contribution in [0.1, 0.15) is 25.8 Å². The van der Waals surface area contributed by atoms with Crippen molar-refractivity contribution in [3.63, 3.8) is 0 Å². The molecule has 4 nitrogen and oxygen atoms in total. The monoisotopic (exact) mass is 246 g/mol. The zero-order chi connectivity index (χ0) is 13.0. The van der Waals surface area contributed by atoms with Crippen LogP contribution in [-0.4, -0.2) is 42.0 Å². The van der Waals surface area contributed by atoms with Gasteiger partial charge in [-0.05, 0) is 30.5 Å². The van der Waals surface area contributed by atoms with Crippen molar-refractivity contribution < 1.29 is 4.79 Å². The number of hydrogen-bond donors (Lipinski definition) is 0. The minimum atomic E-state index is 0.163. The van der Waals surface area contributed by atoms with Gasteiger partial charge in [-0.15, -0.1) is 0 Å². The lowest BCUT2D eigenvalue weighted by Crippen LogP contribution is -2.48. The number of rotatable bonds is 3. The number of nitrogens with zero attached hydrogens (tertiary/aromatic N) is 3. The van der Waals surface area contributed by atoms with E-state index in [2.05, 4.69) is 29.3 Å². The Balaban J connectivity index is 2.00. The molecule has 1 radical (unpaired) electrons. The molecule has 1 aromatic heterocycles. The van der Waals surface area contributed by atoms with Crippen molar-refractivity contribution >= 4 is 11.7 Å². The average Bonchev–Trinajstić information content (AvgIpc) is 2.39. The summed E-state index contributed by atoms with van der Waals surface area (Å²) in [5.41, 5.74) is 1.22. The molecule has 0 saturated carbocycles. The van der Waals surface area contributed by atoms with Gasteiger partial charge >= 0.3 is 0 Å². The Kier molecular flexibility index (Phi) is 4.18. The maximum atomic E-state index is 11.3. The molecule has 0 bridgehead atoms. The van der Waals surface area contributed by atoms with Crippen molar-refractivity contribution in [1.82, 2.24) is 9.88 Å². The van der Waals surface area contributed by atoms with Gasteiger partial charge in [0.1, 0.15) is 5.82 Å². The van der Waals surface area contributed by atoms with Gasteiger partial charge in [0.05, 0.1) is 0 Å². The van der Waals surface area contributed by atoms with Crippen LogP contribution in [0.25, 0.3) is 0 Å². The van der Waals surface area contributed by atoms with Crippen LogP contribution in [0.5, 0.6) is 0 Å². The number of amides is 1. The van der Waals surface area contributed by atoms with Gasteiger partial charge in [0, 0.05) is 39.3 Å². The topological polar surface area (TPSA) is 36.4 Å². The number of aromatic nitrogens is 1. The third-order valence-electron chi connectivity index (χ3n) is 3.26. The largest absolute Gasteiger partial charge is 0.353 e. The Hall–Kier alpha value is -1.58. The lowest BCUT2D eigenvalue weighted by molar-refractivity contribution is -0.129. The molecule has 97 valence electrons. The standard InChI is InChI=1S/C14H20N3O/c1-3-4-13-5-6-15-14(11-13)17-9-7-16(8-10-17)12(2)18/h4-6,11H,3,7-10H2,1-2H3. The predicted octanol–water partition coefficient (Wildman–Crippen LogP) is 1.71. The van der Waals surface area contributed by atoms with Crippen LogP contribution in [0, 0.1) is 6.42 Å². The first-order valence-electron chi connectivity index (χ1n) is 6.50. The molecule has 1 fully saturated rings. The van der Waals surface area contributed by atoms with Gasteiger partial charge in [-0.2, -0.15) is 0 Å². The first-order valence-corrected chi connectivity index (χ1v) is 6.50. The molecular formula is C14H20N3O. The van der Waals surface area contributed by atoms with Crippen molar-refractivity contribution in [3.8, 4) is 0 Å². The van der Waals surface area contributed by atoms with Crippen molar-refractivity contribution in [2.45, 2.75) is 20.3 Å². The van der Waals surface area contributed by atoms with Crippen LogP contribution in [0.4, 0.5) is 5.82 Å². The molecule has 1 aliphatic heterocycles. The zero-order valence-electron chi connectivity index (χ0n) is 11.1. The first-order chi connectivity index (χ1) is 8.70. The molecule has 1 amide bonds. The number of hydrogen-bond acceptors (Lipinski definition) is 3. The molecular weight excluding hydrogens is 226 g/mol. The Labute approximate surface area is 109 Å². The maximum absolute atomic E-state index is 11.3. The molecule has 2 rings (SSSR count). The molecule has 1 aliphatic rings. The summed E-state index contributed by atoms with van der Waals surface area (Å²) in [5.74, 6) is 1.18. The Morgan fingerprint density at radius 3 is 2.72 bits per heavy atom. The van der Waals surface area contributed by atoms with Crippen molar-refractivity contribution in [3.05, 3.63) is 30.3 Å². The third-order valence-corrected chi connectivity index (χ3v) is 3.26. The summed E-state index contributed by atoms with van der Waals surface area (Å²) in [5, 5.41) is 0. The molecule has 0 aliphatic carbocycles. The van der Waals surface area contributed by atoms with Gasteiger partial charge in [0.15, 0.2) is 0 Å². The summed E-state index contributed by atoms with van der Waals surface area (Å²) >= 11 is 0. The van der Waals surface area contributed by atoms with E-state index in [0.29, 0.717) is 0 Å². The Morgan fingerprint density at radius 2 is 2.11 bits per heavy atom. The van der Waals surface area contributed by atoms with Crippen LogP contribution in [-0.2, 0) is 4.79 Å². The number of carbonyl (C=O) groups excluding carboxylic acids is 1. The minimum Gasteiger partial charge on any atom is -0.353 e. The Bertz CT molecular complexity index is 411. The van der Waals surface area contributed by atoms with Gasteiger partial charge in [-0.25, -0.2) is 4.98 Å². The molecule has 2 heterocycles. The van der Waals surface area contributed by atoms with E-state index in [1.165, 1.54) is 5.56 Å². The molecule has 0 N–H and O–H groups in total. The molecule has 1 saturated heterocycles. The number of carbonyl (C=O) groups is 1. The highest BCUT2D eigenvalue weighted by Gasteiger charge is 2.19. The van der Waals surface area contributed by atoms with Crippen molar-refractivity contribution in [1.29, 1.82) is 0 Å². The highest BCUT2D eigenvalue weighted by atomic mass is 16.2. The van der Waals surface area contributed by atoms with Crippen LogP contribution < -0.4 is 4.90 Å². The summed E-state index contributed by atoms with van der Waals surface area (Å²) in [6.07, 6.45) is 5.08. The molecule has 0 unspecified atom stereocenters. The van der Waals surface area contributed by atoms with E-state index in [0.717, 1.165) is 38.4 Å². The van der Waals surface area contributed by atoms with Crippen molar-refractivity contribution in [2.75, 3.05) is 31.1 Å². The van der Waals surface area contributed by atoms with E-state index in [1.807, 2.05) is 17.2 Å². The number of pyridine rings is 1. The van der Waals surface area contributed by atoms with E-state index >= 15 is 0 Å². The van der Waals surface area contributed by atoms with Gasteiger partial charge in [-0.3, -0.25) is 4.79 Å². The summed E-state index contributed by atoms with van der Waals surface area (Å²) in [6, 6.07) is 4.14. The van der Waals surface area contributed by atoms with Crippen LogP contribution in [0.2, 0.25) is 0 Å². The van der Waals surface area contributed by atoms with Crippen LogP contribution >= 0.6 is 0 Å². The normalized spacial score (nSPS) is 15.9. The fourth-order valence-corrected chi connectivity index (χ4v) is 2.22. The lowest BCUT2D eigenvalue weighted by atomic mass is 10.1. The molecule has 4 heteroatoms. The van der Waals surface area contributed by atoms with E-state index < -0.39 is 0 Å². The first kappa shape index (κ1) is 12.9. The smallest absolute Gasteiger partial charge is 0.219 e. The molecule has 0 aromatic carbocycles. The summed E-state index contributed by atoms with van der Waals surface area (Å²) in [6.45, 7) is 7.07. The minimum absolute atomic E-state index is 0.163.